The molecular formula is C30H27ClIN3O4. The zero-order chi connectivity index (χ0) is 27.7. The predicted octanol–water partition coefficient (Wildman–Crippen LogP) is 7.77. The third-order valence-corrected chi connectivity index (χ3v) is 6.79. The molecule has 0 radical (unpaired) electrons. The van der Waals surface area contributed by atoms with Crippen molar-refractivity contribution in [2.24, 2.45) is 10.5 Å². The van der Waals surface area contributed by atoms with Crippen LogP contribution in [0, 0.1) is 8.99 Å². The van der Waals surface area contributed by atoms with E-state index in [0.717, 1.165) is 14.5 Å². The Kier molecular flexibility index (Phi) is 7.68. The van der Waals surface area contributed by atoms with Gasteiger partial charge in [-0.2, -0.15) is 9.78 Å². The maximum absolute atomic E-state index is 13.6. The van der Waals surface area contributed by atoms with Crippen molar-refractivity contribution in [2.45, 2.75) is 27.7 Å². The van der Waals surface area contributed by atoms with Crippen molar-refractivity contribution in [3.05, 3.63) is 85.2 Å². The van der Waals surface area contributed by atoms with Crippen molar-refractivity contribution in [2.75, 3.05) is 13.2 Å². The van der Waals surface area contributed by atoms with Crippen molar-refractivity contribution in [1.82, 2.24) is 9.66 Å². The number of rotatable bonds is 7. The molecule has 5 rings (SSSR count). The van der Waals surface area contributed by atoms with Crippen LogP contribution in [0.3, 0.4) is 0 Å². The molecular weight excluding hydrogens is 629 g/mol. The Labute approximate surface area is 244 Å². The minimum absolute atomic E-state index is 0.00463. The molecule has 39 heavy (non-hydrogen) atoms. The highest BCUT2D eigenvalue weighted by atomic mass is 127. The van der Waals surface area contributed by atoms with E-state index in [9.17, 15) is 4.79 Å². The lowest BCUT2D eigenvalue weighted by atomic mass is 9.99. The van der Waals surface area contributed by atoms with Gasteiger partial charge >= 0.3 is 0 Å². The normalized spacial score (nSPS) is 12.1. The average Bonchev–Trinajstić information content (AvgIpc) is 3.30. The second kappa shape index (κ2) is 11.0. The van der Waals surface area contributed by atoms with E-state index in [2.05, 4.69) is 48.5 Å². The van der Waals surface area contributed by atoms with Crippen LogP contribution in [0.5, 0.6) is 11.5 Å². The predicted molar refractivity (Wildman–Crippen MR) is 164 cm³/mol. The molecule has 0 fully saturated rings. The Balaban J connectivity index is 1.61. The zero-order valence-electron chi connectivity index (χ0n) is 22.0. The van der Waals surface area contributed by atoms with Crippen molar-refractivity contribution in [3.63, 3.8) is 0 Å². The van der Waals surface area contributed by atoms with Crippen LogP contribution in [-0.4, -0.2) is 29.1 Å². The van der Waals surface area contributed by atoms with E-state index >= 15 is 0 Å². The number of para-hydroxylation sites is 1. The first-order valence-electron chi connectivity index (χ1n) is 12.5. The Hall–Kier alpha value is -3.37. The number of aromatic nitrogens is 2. The summed E-state index contributed by atoms with van der Waals surface area (Å²) in [6, 6.07) is 18.1. The van der Waals surface area contributed by atoms with Crippen LogP contribution in [-0.2, 0) is 0 Å². The van der Waals surface area contributed by atoms with Gasteiger partial charge < -0.3 is 13.9 Å². The number of hydrogen-bond donors (Lipinski definition) is 0. The summed E-state index contributed by atoms with van der Waals surface area (Å²) in [5, 5.41) is 6.42. The van der Waals surface area contributed by atoms with Gasteiger partial charge in [0.1, 0.15) is 5.58 Å². The fraction of sp³-hybridized carbons (Fsp3) is 0.233. The molecule has 7 nitrogen and oxygen atoms in total. The third-order valence-electron chi connectivity index (χ3n) is 5.76. The number of benzene rings is 3. The lowest BCUT2D eigenvalue weighted by molar-refractivity contribution is 0.187. The molecule has 200 valence electrons. The second-order valence-corrected chi connectivity index (χ2v) is 11.8. The van der Waals surface area contributed by atoms with Crippen LogP contribution in [0.4, 0.5) is 0 Å². The van der Waals surface area contributed by atoms with Crippen LogP contribution < -0.4 is 15.0 Å². The fourth-order valence-electron chi connectivity index (χ4n) is 3.99. The second-order valence-electron chi connectivity index (χ2n) is 10.2. The van der Waals surface area contributed by atoms with Crippen molar-refractivity contribution < 1.29 is 13.9 Å². The summed E-state index contributed by atoms with van der Waals surface area (Å²) in [5.41, 5.74) is 1.61. The summed E-state index contributed by atoms with van der Waals surface area (Å²) in [6.07, 6.45) is 1.61. The van der Waals surface area contributed by atoms with E-state index in [1.807, 2.05) is 25.1 Å². The number of ether oxygens (including phenoxy) is 2. The van der Waals surface area contributed by atoms with Crippen LogP contribution >= 0.6 is 34.2 Å². The minimum Gasteiger partial charge on any atom is -0.490 e. The van der Waals surface area contributed by atoms with Gasteiger partial charge in [0.25, 0.3) is 5.56 Å². The molecule has 3 aromatic carbocycles. The Morgan fingerprint density at radius 2 is 1.90 bits per heavy atom. The molecule has 0 aliphatic carbocycles. The molecule has 2 heterocycles. The third kappa shape index (κ3) is 5.96. The monoisotopic (exact) mass is 655 g/mol. The SMILES string of the molecule is CCOc1cc(C=Nn2c(-c3cc4cc(Cl)ccc4o3)nc3ccccc3c2=O)cc(I)c1OCC(C)(C)C. The molecule has 0 unspecified atom stereocenters. The summed E-state index contributed by atoms with van der Waals surface area (Å²) < 4.78 is 20.2. The number of fused-ring (bicyclic) bond motifs is 2. The summed E-state index contributed by atoms with van der Waals surface area (Å²) in [7, 11) is 0. The van der Waals surface area contributed by atoms with Gasteiger partial charge in [-0.15, -0.1) is 0 Å². The van der Waals surface area contributed by atoms with Gasteiger partial charge in [0, 0.05) is 10.4 Å². The maximum atomic E-state index is 13.6. The van der Waals surface area contributed by atoms with Crippen LogP contribution in [0.2, 0.25) is 5.02 Å². The summed E-state index contributed by atoms with van der Waals surface area (Å²) in [4.78, 5) is 18.3. The highest BCUT2D eigenvalue weighted by Gasteiger charge is 2.19. The Morgan fingerprint density at radius 3 is 2.67 bits per heavy atom. The van der Waals surface area contributed by atoms with Gasteiger partial charge in [-0.05, 0) is 89.0 Å². The Bertz CT molecular complexity index is 1770. The van der Waals surface area contributed by atoms with Crippen LogP contribution in [0.1, 0.15) is 33.3 Å². The van der Waals surface area contributed by atoms with E-state index in [1.165, 1.54) is 4.68 Å². The molecule has 0 bridgehead atoms. The zero-order valence-corrected chi connectivity index (χ0v) is 24.9. The molecule has 2 aromatic heterocycles. The first kappa shape index (κ1) is 27.2. The molecule has 0 amide bonds. The van der Waals surface area contributed by atoms with Gasteiger partial charge in [-0.3, -0.25) is 4.79 Å². The number of halogens is 2. The average molecular weight is 656 g/mol. The fourth-order valence-corrected chi connectivity index (χ4v) is 4.95. The molecule has 9 heteroatoms. The Morgan fingerprint density at radius 1 is 1.10 bits per heavy atom. The quantitative estimate of drug-likeness (QED) is 0.132. The highest BCUT2D eigenvalue weighted by Crippen LogP contribution is 2.35. The van der Waals surface area contributed by atoms with Crippen molar-refractivity contribution in [1.29, 1.82) is 0 Å². The lowest BCUT2D eigenvalue weighted by Gasteiger charge is -2.21. The molecule has 5 aromatic rings. The van der Waals surface area contributed by atoms with E-state index in [-0.39, 0.29) is 16.8 Å². The smallest absolute Gasteiger partial charge is 0.282 e. The van der Waals surface area contributed by atoms with E-state index in [0.29, 0.717) is 52.0 Å². The van der Waals surface area contributed by atoms with Crippen LogP contribution in [0.25, 0.3) is 33.5 Å². The molecule has 0 saturated heterocycles. The molecule has 0 aliphatic heterocycles. The molecule has 0 aliphatic rings. The summed E-state index contributed by atoms with van der Waals surface area (Å²) in [6.45, 7) is 9.30. The number of furan rings is 1. The van der Waals surface area contributed by atoms with Gasteiger partial charge in [0.2, 0.25) is 5.82 Å². The van der Waals surface area contributed by atoms with E-state index in [4.69, 9.17) is 30.5 Å². The molecule has 0 atom stereocenters. The highest BCUT2D eigenvalue weighted by molar-refractivity contribution is 14.1. The van der Waals surface area contributed by atoms with Gasteiger partial charge in [-0.1, -0.05) is 44.5 Å². The first-order valence-corrected chi connectivity index (χ1v) is 13.9. The number of nitrogens with zero attached hydrogens (tertiary/aromatic N) is 3. The van der Waals surface area contributed by atoms with E-state index in [1.54, 1.807) is 48.7 Å². The summed E-state index contributed by atoms with van der Waals surface area (Å²) >= 11 is 8.40. The van der Waals surface area contributed by atoms with Crippen molar-refractivity contribution in [3.8, 4) is 23.1 Å². The molecule has 0 saturated carbocycles. The summed E-state index contributed by atoms with van der Waals surface area (Å²) in [5.74, 6) is 2.00. The maximum Gasteiger partial charge on any atom is 0.282 e. The molecule has 0 N–H and O–H groups in total. The van der Waals surface area contributed by atoms with Gasteiger partial charge in [-0.25, -0.2) is 4.98 Å². The minimum atomic E-state index is -0.310. The van der Waals surface area contributed by atoms with Gasteiger partial charge in [0.15, 0.2) is 17.3 Å². The lowest BCUT2D eigenvalue weighted by Crippen LogP contribution is -2.20. The van der Waals surface area contributed by atoms with Crippen LogP contribution in [0.15, 0.2) is 75.0 Å². The number of hydrogen-bond acceptors (Lipinski definition) is 6. The van der Waals surface area contributed by atoms with Gasteiger partial charge in [0.05, 0.1) is 33.9 Å². The standard InChI is InChI=1S/C30H27ClIN3O4/c1-5-37-25-13-18(12-22(32)27(25)38-17-30(2,3)4)16-33-35-28(34-23-9-7-6-8-21(23)29(35)36)26-15-19-14-20(31)10-11-24(19)39-26/h6-16H,5,17H2,1-4H3. The topological polar surface area (TPSA) is 78.9 Å². The van der Waals surface area contributed by atoms with E-state index < -0.39 is 0 Å². The first-order chi connectivity index (χ1) is 18.6. The largest absolute Gasteiger partial charge is 0.490 e. The van der Waals surface area contributed by atoms with Crippen molar-refractivity contribution >= 4 is 62.3 Å². The molecule has 0 spiro atoms.